The number of nitrogens with one attached hydrogen (secondary N) is 1. The Morgan fingerprint density at radius 3 is 2.26 bits per heavy atom. The fraction of sp³-hybridized carbons (Fsp3) is 0.308. The molecule has 14 heteroatoms. The van der Waals surface area contributed by atoms with Crippen molar-refractivity contribution in [3.05, 3.63) is 16.9 Å². The number of anilines is 1. The molecule has 9 nitrogen and oxygen atoms in total. The molecule has 2 heterocycles. The lowest BCUT2D eigenvalue weighted by atomic mass is 9.43. The first kappa shape index (κ1) is 19.3. The maximum Gasteiger partial charge on any atom is 0.254 e. The molecule has 1 aromatic carbocycles. The summed E-state index contributed by atoms with van der Waals surface area (Å²) in [5.41, 5.74) is -6.15. The summed E-state index contributed by atoms with van der Waals surface area (Å²) in [5.74, 6) is -6.66. The molecule has 2 unspecified atom stereocenters. The molecule has 2 aliphatic heterocycles. The molecular formula is C13H8B4FN3O6. The van der Waals surface area contributed by atoms with Gasteiger partial charge in [-0.05, 0) is 5.46 Å². The number of amides is 3. The zero-order valence-electron chi connectivity index (χ0n) is 13.5. The summed E-state index contributed by atoms with van der Waals surface area (Å²) in [6.45, 7) is -0.675. The van der Waals surface area contributed by atoms with Crippen molar-refractivity contribution in [2.75, 3.05) is 5.73 Å². The van der Waals surface area contributed by atoms with Crippen LogP contribution in [0.15, 0.2) is 0 Å². The Bertz CT molecular complexity index is 939. The van der Waals surface area contributed by atoms with E-state index in [4.69, 9.17) is 37.1 Å². The number of aromatic hydroxyl groups is 1. The predicted molar refractivity (Wildman–Crippen MR) is 90.8 cm³/mol. The normalized spacial score (nSPS) is 33.1. The van der Waals surface area contributed by atoms with Crippen LogP contribution in [0.2, 0.25) is 0 Å². The van der Waals surface area contributed by atoms with Crippen LogP contribution in [0.3, 0.4) is 0 Å². The van der Waals surface area contributed by atoms with E-state index in [1.807, 2.05) is 0 Å². The molecule has 27 heavy (non-hydrogen) atoms. The Hall–Kier alpha value is -2.46. The maximum absolute atomic E-state index is 14.0. The van der Waals surface area contributed by atoms with Gasteiger partial charge in [0.2, 0.25) is 5.91 Å². The van der Waals surface area contributed by atoms with Gasteiger partial charge < -0.3 is 26.0 Å². The highest BCUT2D eigenvalue weighted by Crippen LogP contribution is 2.42. The van der Waals surface area contributed by atoms with Crippen LogP contribution in [0.5, 0.6) is 5.75 Å². The molecule has 130 valence electrons. The lowest BCUT2D eigenvalue weighted by Crippen LogP contribution is -2.86. The molecule has 8 radical (unpaired) electrons. The molecule has 0 saturated carbocycles. The van der Waals surface area contributed by atoms with Crippen LogP contribution in [0, 0.1) is 5.82 Å². The van der Waals surface area contributed by atoms with Crippen LogP contribution < -0.4 is 16.5 Å². The predicted octanol–water partition coefficient (Wildman–Crippen LogP) is -4.90. The second kappa shape index (κ2) is 5.29. The molecule has 1 fully saturated rings. The molecule has 2 aliphatic rings. The van der Waals surface area contributed by atoms with E-state index in [0.717, 1.165) is 0 Å². The number of benzene rings is 1. The number of piperidine rings is 1. The van der Waals surface area contributed by atoms with Crippen LogP contribution in [-0.2, 0) is 16.1 Å². The maximum atomic E-state index is 14.0. The highest BCUT2D eigenvalue weighted by molar-refractivity contribution is 6.47. The highest BCUT2D eigenvalue weighted by atomic mass is 19.1. The van der Waals surface area contributed by atoms with Crippen molar-refractivity contribution in [3.8, 4) is 5.75 Å². The van der Waals surface area contributed by atoms with E-state index in [1.165, 1.54) is 0 Å². The standard InChI is InChI=1S/C13H8B4FN3O6/c14-4-3-2(6(19)7(22)5(4)18)1-21(8(3)23)11(15)9(24)20-10(25)12(16,26)13(11,17)27/h22,26-27H,1,19H2,(H,20,24,25)/t11-,12?,13?/m1/s1. The summed E-state index contributed by atoms with van der Waals surface area (Å²) in [6.07, 6.45) is 0. The van der Waals surface area contributed by atoms with Crippen LogP contribution in [0.25, 0.3) is 0 Å². The Balaban J connectivity index is 2.22. The summed E-state index contributed by atoms with van der Waals surface area (Å²) in [6, 6.07) is 0. The van der Waals surface area contributed by atoms with E-state index in [0.29, 0.717) is 4.90 Å². The number of nitrogens with two attached hydrogens (primary N) is 1. The third kappa shape index (κ3) is 2.02. The number of nitrogens with zero attached hydrogens (tertiary/aromatic N) is 1. The molecule has 0 aromatic heterocycles. The molecule has 3 rings (SSSR count). The molecule has 3 atom stereocenters. The Morgan fingerprint density at radius 2 is 1.70 bits per heavy atom. The van der Waals surface area contributed by atoms with Crippen molar-refractivity contribution in [2.24, 2.45) is 0 Å². The zero-order valence-corrected chi connectivity index (χ0v) is 13.5. The van der Waals surface area contributed by atoms with Gasteiger partial charge in [-0.2, -0.15) is 0 Å². The van der Waals surface area contributed by atoms with Crippen molar-refractivity contribution >= 4 is 60.3 Å². The molecule has 3 amide bonds. The molecule has 1 saturated heterocycles. The average Bonchev–Trinajstić information content (AvgIpc) is 2.93. The van der Waals surface area contributed by atoms with Gasteiger partial charge in [0.05, 0.1) is 11.2 Å². The lowest BCUT2D eigenvalue weighted by molar-refractivity contribution is -0.172. The van der Waals surface area contributed by atoms with Gasteiger partial charge in [-0.1, -0.05) is 0 Å². The van der Waals surface area contributed by atoms with Gasteiger partial charge in [0.15, 0.2) is 11.6 Å². The number of halogens is 1. The number of hydrogen-bond acceptors (Lipinski definition) is 7. The van der Waals surface area contributed by atoms with Crippen molar-refractivity contribution in [1.82, 2.24) is 10.2 Å². The van der Waals surface area contributed by atoms with Gasteiger partial charge in [0.25, 0.3) is 11.8 Å². The minimum atomic E-state index is -3.37. The molecule has 0 spiro atoms. The number of imide groups is 1. The second-order valence-electron chi connectivity index (χ2n) is 6.32. The number of fused-ring (bicyclic) bond motifs is 1. The number of carbonyl (C=O) groups is 3. The summed E-state index contributed by atoms with van der Waals surface area (Å²) in [5, 5.41) is 31.8. The lowest BCUT2D eigenvalue weighted by Gasteiger charge is -2.56. The molecular weight excluding hydrogens is 356 g/mol. The first-order valence-corrected chi connectivity index (χ1v) is 7.28. The topological polar surface area (TPSA) is 153 Å². The van der Waals surface area contributed by atoms with Crippen molar-refractivity contribution in [3.63, 3.8) is 0 Å². The van der Waals surface area contributed by atoms with Gasteiger partial charge in [-0.15, -0.1) is 0 Å². The largest absolute Gasteiger partial charge is 0.503 e. The number of carbonyl (C=O) groups excluding carboxylic acids is 3. The molecule has 6 N–H and O–H groups in total. The third-order valence-corrected chi connectivity index (χ3v) is 4.88. The number of rotatable bonds is 1. The van der Waals surface area contributed by atoms with E-state index in [9.17, 15) is 34.1 Å². The van der Waals surface area contributed by atoms with Gasteiger partial charge in [0, 0.05) is 17.7 Å². The number of hydrogen-bond donors (Lipinski definition) is 5. The van der Waals surface area contributed by atoms with Crippen LogP contribution >= 0.6 is 0 Å². The van der Waals surface area contributed by atoms with Gasteiger partial charge in [-0.25, -0.2) is 4.39 Å². The van der Waals surface area contributed by atoms with Crippen LogP contribution in [-0.4, -0.2) is 85.8 Å². The fourth-order valence-electron chi connectivity index (χ4n) is 3.11. The minimum Gasteiger partial charge on any atom is -0.503 e. The average molecular weight is 364 g/mol. The summed E-state index contributed by atoms with van der Waals surface area (Å²) in [7, 11) is 22.2. The first-order valence-electron chi connectivity index (χ1n) is 7.28. The molecule has 0 bridgehead atoms. The van der Waals surface area contributed by atoms with Crippen LogP contribution in [0.1, 0.15) is 15.9 Å². The van der Waals surface area contributed by atoms with Crippen molar-refractivity contribution < 1.29 is 34.1 Å². The zero-order chi connectivity index (χ0) is 20.7. The fourth-order valence-corrected chi connectivity index (χ4v) is 3.11. The second-order valence-corrected chi connectivity index (χ2v) is 6.32. The van der Waals surface area contributed by atoms with E-state index in [1.54, 1.807) is 5.32 Å². The summed E-state index contributed by atoms with van der Waals surface area (Å²) < 4.78 is 14.0. The highest BCUT2D eigenvalue weighted by Gasteiger charge is 2.67. The van der Waals surface area contributed by atoms with Gasteiger partial charge >= 0.3 is 0 Å². The minimum absolute atomic E-state index is 0.206. The van der Waals surface area contributed by atoms with Crippen molar-refractivity contribution in [2.45, 2.75) is 23.0 Å². The van der Waals surface area contributed by atoms with E-state index >= 15 is 0 Å². The quantitative estimate of drug-likeness (QED) is 0.145. The Kier molecular flexibility index (Phi) is 3.78. The molecule has 0 aliphatic carbocycles. The smallest absolute Gasteiger partial charge is 0.254 e. The van der Waals surface area contributed by atoms with Crippen molar-refractivity contribution in [1.29, 1.82) is 0 Å². The third-order valence-electron chi connectivity index (χ3n) is 4.88. The summed E-state index contributed by atoms with van der Waals surface area (Å²) in [4.78, 5) is 37.3. The number of nitrogen functional groups attached to an aromatic ring is 1. The number of aliphatic hydroxyl groups is 2. The van der Waals surface area contributed by atoms with Gasteiger partial charge in [-0.3, -0.25) is 19.7 Å². The Morgan fingerprint density at radius 1 is 1.15 bits per heavy atom. The van der Waals surface area contributed by atoms with E-state index < -0.39 is 69.0 Å². The van der Waals surface area contributed by atoms with E-state index in [2.05, 4.69) is 0 Å². The SMILES string of the molecule is [B]c1c(F)c(O)c(N)c2c1C(=O)N([C@]1([B])C(=O)NC(=O)C([B])(O)C1([B])O)C2. The Labute approximate surface area is 156 Å². The molecule has 1 aromatic rings. The van der Waals surface area contributed by atoms with Crippen LogP contribution in [0.4, 0.5) is 10.1 Å². The number of phenolic OH excluding ortho intramolecular Hbond substituents is 1. The summed E-state index contributed by atoms with van der Waals surface area (Å²) >= 11 is 0. The first-order chi connectivity index (χ1) is 12.2. The number of phenols is 1. The van der Waals surface area contributed by atoms with Gasteiger partial charge in [0.1, 0.15) is 42.3 Å². The van der Waals surface area contributed by atoms with E-state index in [-0.39, 0.29) is 5.56 Å². The monoisotopic (exact) mass is 365 g/mol.